The second-order valence-corrected chi connectivity index (χ2v) is 7.97. The highest BCUT2D eigenvalue weighted by Crippen LogP contribution is 2.25. The fraction of sp³-hybridized carbons (Fsp3) is 0.417. The predicted molar refractivity (Wildman–Crippen MR) is 124 cm³/mol. The molecule has 2 aromatic rings. The van der Waals surface area contributed by atoms with E-state index in [4.69, 9.17) is 4.74 Å². The molecule has 0 aromatic heterocycles. The van der Waals surface area contributed by atoms with Gasteiger partial charge in [0.25, 0.3) is 0 Å². The van der Waals surface area contributed by atoms with Crippen molar-refractivity contribution in [2.24, 2.45) is 5.10 Å². The van der Waals surface area contributed by atoms with Gasteiger partial charge in [-0.2, -0.15) is 5.10 Å². The molecule has 0 saturated carbocycles. The van der Waals surface area contributed by atoms with Gasteiger partial charge < -0.3 is 4.74 Å². The van der Waals surface area contributed by atoms with E-state index in [9.17, 15) is 4.79 Å². The van der Waals surface area contributed by atoms with Crippen LogP contribution in [0.2, 0.25) is 0 Å². The van der Waals surface area contributed by atoms with Crippen LogP contribution in [0.4, 0.5) is 0 Å². The zero-order chi connectivity index (χ0) is 20.7. The summed E-state index contributed by atoms with van der Waals surface area (Å²) in [6.45, 7) is 2.97. The van der Waals surface area contributed by atoms with Gasteiger partial charge >= 0.3 is 0 Å². The summed E-state index contributed by atoms with van der Waals surface area (Å²) in [6, 6.07) is 15.4. The van der Waals surface area contributed by atoms with E-state index in [1.165, 1.54) is 38.5 Å². The molecule has 156 valence electrons. The van der Waals surface area contributed by atoms with Gasteiger partial charge in [-0.3, -0.25) is 4.79 Å². The topological polar surface area (TPSA) is 50.7 Å². The lowest BCUT2D eigenvalue weighted by Gasteiger charge is -2.09. The molecule has 5 heteroatoms. The Labute approximate surface area is 182 Å². The first-order valence-corrected chi connectivity index (χ1v) is 11.3. The van der Waals surface area contributed by atoms with Gasteiger partial charge in [-0.25, -0.2) is 5.43 Å². The molecular formula is C24H31BrN2O2. The minimum absolute atomic E-state index is 0.138. The highest BCUT2D eigenvalue weighted by Gasteiger charge is 2.03. The van der Waals surface area contributed by atoms with E-state index in [0.29, 0.717) is 6.42 Å². The zero-order valence-electron chi connectivity index (χ0n) is 17.2. The summed E-state index contributed by atoms with van der Waals surface area (Å²) in [7, 11) is 0. The molecule has 0 atom stereocenters. The number of amides is 1. The van der Waals surface area contributed by atoms with Crippen molar-refractivity contribution in [3.63, 3.8) is 0 Å². The second-order valence-electron chi connectivity index (χ2n) is 7.12. The Kier molecular flexibility index (Phi) is 11.1. The van der Waals surface area contributed by atoms with Crippen LogP contribution in [-0.2, 0) is 11.2 Å². The molecule has 0 fully saturated rings. The van der Waals surface area contributed by atoms with Gasteiger partial charge in [-0.1, -0.05) is 75.8 Å². The molecule has 0 bridgehead atoms. The number of nitrogens with one attached hydrogen (secondary N) is 1. The van der Waals surface area contributed by atoms with Gasteiger partial charge in [0.05, 0.1) is 23.7 Å². The van der Waals surface area contributed by atoms with Gasteiger partial charge in [0.2, 0.25) is 5.91 Å². The largest absolute Gasteiger partial charge is 0.492 e. The SMILES string of the molecule is CCCCCCCCCOc1ccc(/C=N\NC(=O)Cc2ccccc2)cc1Br. The number of hydrogen-bond donors (Lipinski definition) is 1. The standard InChI is InChI=1S/C24H31BrN2O2/c1-2-3-4-5-6-7-11-16-29-23-15-14-21(17-22(23)25)19-26-27-24(28)18-20-12-9-8-10-13-20/h8-10,12-15,17,19H,2-7,11,16,18H2,1H3,(H,27,28)/b26-19-. The first-order chi connectivity index (χ1) is 14.2. The fourth-order valence-electron chi connectivity index (χ4n) is 2.96. The summed E-state index contributed by atoms with van der Waals surface area (Å²) in [5.41, 5.74) is 4.42. The average Bonchev–Trinajstić information content (AvgIpc) is 2.72. The van der Waals surface area contributed by atoms with Crippen LogP contribution >= 0.6 is 15.9 Å². The van der Waals surface area contributed by atoms with E-state index in [-0.39, 0.29) is 5.91 Å². The Balaban J connectivity index is 1.68. The lowest BCUT2D eigenvalue weighted by molar-refractivity contribution is -0.120. The van der Waals surface area contributed by atoms with Crippen LogP contribution in [0.3, 0.4) is 0 Å². The summed E-state index contributed by atoms with van der Waals surface area (Å²) in [4.78, 5) is 11.9. The van der Waals surface area contributed by atoms with E-state index in [1.54, 1.807) is 6.21 Å². The number of ether oxygens (including phenoxy) is 1. The molecule has 2 aromatic carbocycles. The van der Waals surface area contributed by atoms with Gasteiger partial charge in [-0.05, 0) is 51.7 Å². The van der Waals surface area contributed by atoms with Crippen LogP contribution in [0.15, 0.2) is 58.1 Å². The minimum atomic E-state index is -0.138. The van der Waals surface area contributed by atoms with Crippen LogP contribution < -0.4 is 10.2 Å². The molecular weight excluding hydrogens is 428 g/mol. The first-order valence-electron chi connectivity index (χ1n) is 10.5. The number of nitrogens with zero attached hydrogens (tertiary/aromatic N) is 1. The van der Waals surface area contributed by atoms with Gasteiger partial charge in [0.1, 0.15) is 5.75 Å². The number of hydrogen-bond acceptors (Lipinski definition) is 3. The van der Waals surface area contributed by atoms with Gasteiger partial charge in [-0.15, -0.1) is 0 Å². The van der Waals surface area contributed by atoms with E-state index < -0.39 is 0 Å². The maximum Gasteiger partial charge on any atom is 0.244 e. The fourth-order valence-corrected chi connectivity index (χ4v) is 3.47. The third-order valence-electron chi connectivity index (χ3n) is 4.57. The van der Waals surface area contributed by atoms with Crippen molar-refractivity contribution in [2.75, 3.05) is 6.61 Å². The number of rotatable bonds is 13. The third kappa shape index (κ3) is 9.75. The number of carbonyl (C=O) groups excluding carboxylic acids is 1. The highest BCUT2D eigenvalue weighted by atomic mass is 79.9. The lowest BCUT2D eigenvalue weighted by atomic mass is 10.1. The molecule has 0 spiro atoms. The Morgan fingerprint density at radius 1 is 1.03 bits per heavy atom. The maximum absolute atomic E-state index is 11.9. The molecule has 0 heterocycles. The van der Waals surface area contributed by atoms with Crippen molar-refractivity contribution in [2.45, 2.75) is 58.3 Å². The van der Waals surface area contributed by atoms with Gasteiger partial charge in [0, 0.05) is 0 Å². The molecule has 2 rings (SSSR count). The van der Waals surface area contributed by atoms with E-state index in [1.807, 2.05) is 48.5 Å². The number of benzene rings is 2. The van der Waals surface area contributed by atoms with Crippen LogP contribution in [0.5, 0.6) is 5.75 Å². The van der Waals surface area contributed by atoms with Crippen LogP contribution in [-0.4, -0.2) is 18.7 Å². The normalized spacial score (nSPS) is 11.0. The van der Waals surface area contributed by atoms with Crippen molar-refractivity contribution >= 4 is 28.1 Å². The molecule has 1 N–H and O–H groups in total. The van der Waals surface area contributed by atoms with Crippen LogP contribution in [0.1, 0.15) is 63.0 Å². The van der Waals surface area contributed by atoms with Crippen molar-refractivity contribution in [3.8, 4) is 5.75 Å². The van der Waals surface area contributed by atoms with Crippen LogP contribution in [0.25, 0.3) is 0 Å². The molecule has 4 nitrogen and oxygen atoms in total. The Hall–Kier alpha value is -2.14. The summed E-state index contributed by atoms with van der Waals surface area (Å²) < 4.78 is 6.76. The molecule has 0 saturated heterocycles. The number of unbranched alkanes of at least 4 members (excludes halogenated alkanes) is 6. The smallest absolute Gasteiger partial charge is 0.244 e. The summed E-state index contributed by atoms with van der Waals surface area (Å²) in [5.74, 6) is 0.697. The quantitative estimate of drug-likeness (QED) is 0.218. The average molecular weight is 459 g/mol. The molecule has 29 heavy (non-hydrogen) atoms. The number of halogens is 1. The Bertz CT molecular complexity index is 763. The second kappa shape index (κ2) is 13.9. The Morgan fingerprint density at radius 2 is 1.76 bits per heavy atom. The molecule has 0 unspecified atom stereocenters. The molecule has 1 amide bonds. The van der Waals surface area contributed by atoms with Crippen molar-refractivity contribution in [3.05, 3.63) is 64.1 Å². The van der Waals surface area contributed by atoms with Crippen LogP contribution in [0, 0.1) is 0 Å². The predicted octanol–water partition coefficient (Wildman–Crippen LogP) is 6.27. The van der Waals surface area contributed by atoms with Crippen molar-refractivity contribution < 1.29 is 9.53 Å². The first kappa shape index (κ1) is 23.1. The summed E-state index contributed by atoms with van der Waals surface area (Å²) in [5, 5.41) is 4.04. The lowest BCUT2D eigenvalue weighted by Crippen LogP contribution is -2.19. The Morgan fingerprint density at radius 3 is 2.48 bits per heavy atom. The van der Waals surface area contributed by atoms with Crippen molar-refractivity contribution in [1.82, 2.24) is 5.43 Å². The highest BCUT2D eigenvalue weighted by molar-refractivity contribution is 9.10. The van der Waals surface area contributed by atoms with Gasteiger partial charge in [0.15, 0.2) is 0 Å². The third-order valence-corrected chi connectivity index (χ3v) is 5.19. The van der Waals surface area contributed by atoms with E-state index in [0.717, 1.165) is 34.4 Å². The number of hydrazone groups is 1. The van der Waals surface area contributed by atoms with E-state index >= 15 is 0 Å². The molecule has 0 aliphatic heterocycles. The maximum atomic E-state index is 11.9. The zero-order valence-corrected chi connectivity index (χ0v) is 18.8. The number of carbonyl (C=O) groups is 1. The summed E-state index contributed by atoms with van der Waals surface area (Å²) >= 11 is 3.55. The molecule has 0 aliphatic carbocycles. The minimum Gasteiger partial charge on any atom is -0.492 e. The molecule has 0 aliphatic rings. The van der Waals surface area contributed by atoms with E-state index in [2.05, 4.69) is 33.4 Å². The monoisotopic (exact) mass is 458 g/mol. The van der Waals surface area contributed by atoms with Crippen molar-refractivity contribution in [1.29, 1.82) is 0 Å². The summed E-state index contributed by atoms with van der Waals surface area (Å²) in [6.07, 6.45) is 10.8. The molecule has 0 radical (unpaired) electrons.